The minimum atomic E-state index is 0.483. The van der Waals surface area contributed by atoms with Crippen molar-refractivity contribution < 1.29 is 9.47 Å². The van der Waals surface area contributed by atoms with Gasteiger partial charge in [0.1, 0.15) is 0 Å². The molecule has 28 heavy (non-hydrogen) atoms. The van der Waals surface area contributed by atoms with E-state index in [1.807, 2.05) is 0 Å². The van der Waals surface area contributed by atoms with E-state index in [4.69, 9.17) is 33.9 Å². The van der Waals surface area contributed by atoms with Crippen LogP contribution in [0.1, 0.15) is 19.3 Å². The second-order valence-corrected chi connectivity index (χ2v) is 7.41. The third-order valence-corrected chi connectivity index (χ3v) is 5.02. The van der Waals surface area contributed by atoms with Gasteiger partial charge in [-0.1, -0.05) is 0 Å². The van der Waals surface area contributed by atoms with Crippen LogP contribution < -0.4 is 21.5 Å². The van der Waals surface area contributed by atoms with Gasteiger partial charge in [0.05, 0.1) is 25.6 Å². The van der Waals surface area contributed by atoms with E-state index in [0.717, 1.165) is 84.3 Å². The Morgan fingerprint density at radius 2 is 1.46 bits per heavy atom. The second kappa shape index (κ2) is 14.6. The summed E-state index contributed by atoms with van der Waals surface area (Å²) in [4.78, 5) is 2.33. The van der Waals surface area contributed by atoms with Gasteiger partial charge in [0, 0.05) is 45.9 Å². The van der Waals surface area contributed by atoms with Crippen LogP contribution in [0.5, 0.6) is 0 Å². The predicted molar refractivity (Wildman–Crippen MR) is 120 cm³/mol. The van der Waals surface area contributed by atoms with Crippen molar-refractivity contribution in [1.82, 2.24) is 26.4 Å². The van der Waals surface area contributed by atoms with Gasteiger partial charge in [0.25, 0.3) is 0 Å². The van der Waals surface area contributed by atoms with Crippen LogP contribution >= 0.6 is 24.4 Å². The van der Waals surface area contributed by atoms with Gasteiger partial charge in [-0.25, -0.2) is 0 Å². The lowest BCUT2D eigenvalue weighted by molar-refractivity contribution is 0.0389. The van der Waals surface area contributed by atoms with Crippen molar-refractivity contribution in [2.24, 2.45) is 16.1 Å². The van der Waals surface area contributed by atoms with Gasteiger partial charge in [0.2, 0.25) is 0 Å². The maximum Gasteiger partial charge on any atom is 0.187 e. The Morgan fingerprint density at radius 1 is 0.893 bits per heavy atom. The molecule has 0 saturated carbocycles. The molecule has 0 aromatic rings. The second-order valence-electron chi connectivity index (χ2n) is 6.59. The number of rotatable bonds is 9. The Kier molecular flexibility index (Phi) is 11.9. The average molecular weight is 430 g/mol. The summed E-state index contributed by atoms with van der Waals surface area (Å²) in [5.41, 5.74) is 5.51. The molecule has 2 aliphatic heterocycles. The SMILES string of the molecule is S=C(NCCC1CCOCC1)NN=CC=NNC(=S)NCCN1CCOCC1. The van der Waals surface area contributed by atoms with Crippen LogP contribution in [0.4, 0.5) is 0 Å². The molecular formula is C17H31N7O2S2. The molecule has 11 heteroatoms. The molecule has 2 saturated heterocycles. The molecule has 0 bridgehead atoms. The van der Waals surface area contributed by atoms with Crippen LogP contribution in [-0.4, -0.2) is 86.7 Å². The molecule has 4 N–H and O–H groups in total. The molecule has 0 radical (unpaired) electrons. The summed E-state index contributed by atoms with van der Waals surface area (Å²) in [5.74, 6) is 0.720. The predicted octanol–water partition coefficient (Wildman–Crippen LogP) is 0.0351. The van der Waals surface area contributed by atoms with E-state index < -0.39 is 0 Å². The van der Waals surface area contributed by atoms with Crippen LogP contribution in [0, 0.1) is 5.92 Å². The molecule has 2 fully saturated rings. The van der Waals surface area contributed by atoms with Crippen LogP contribution in [0.15, 0.2) is 10.2 Å². The molecule has 0 aromatic carbocycles. The largest absolute Gasteiger partial charge is 0.381 e. The number of hydrogen-bond donors (Lipinski definition) is 4. The zero-order chi connectivity index (χ0) is 19.9. The van der Waals surface area contributed by atoms with E-state index in [9.17, 15) is 0 Å². The fourth-order valence-electron chi connectivity index (χ4n) is 2.91. The number of hydrazone groups is 2. The van der Waals surface area contributed by atoms with Crippen LogP contribution in [0.3, 0.4) is 0 Å². The van der Waals surface area contributed by atoms with E-state index in [0.29, 0.717) is 10.2 Å². The Bertz CT molecular complexity index is 476. The lowest BCUT2D eigenvalue weighted by atomic mass is 9.97. The van der Waals surface area contributed by atoms with Gasteiger partial charge >= 0.3 is 0 Å². The normalized spacial score (nSPS) is 19.0. The Morgan fingerprint density at radius 3 is 2.11 bits per heavy atom. The summed E-state index contributed by atoms with van der Waals surface area (Å²) in [7, 11) is 0. The van der Waals surface area contributed by atoms with Gasteiger partial charge in [0.15, 0.2) is 10.2 Å². The van der Waals surface area contributed by atoms with E-state index in [2.05, 4.69) is 36.6 Å². The third-order valence-electron chi connectivity index (χ3n) is 4.54. The lowest BCUT2D eigenvalue weighted by Gasteiger charge is -2.26. The molecule has 2 heterocycles. The first-order valence-corrected chi connectivity index (χ1v) is 10.6. The minimum absolute atomic E-state index is 0.483. The monoisotopic (exact) mass is 429 g/mol. The molecule has 0 aromatic heterocycles. The van der Waals surface area contributed by atoms with Crippen LogP contribution in [-0.2, 0) is 9.47 Å². The van der Waals surface area contributed by atoms with Crippen molar-refractivity contribution in [3.05, 3.63) is 0 Å². The molecule has 0 aliphatic carbocycles. The van der Waals surface area contributed by atoms with Crippen molar-refractivity contribution in [1.29, 1.82) is 0 Å². The first kappa shape index (κ1) is 22.9. The maximum atomic E-state index is 5.36. The fraction of sp³-hybridized carbons (Fsp3) is 0.765. The number of morpholine rings is 1. The topological polar surface area (TPSA) is 94.5 Å². The fourth-order valence-corrected chi connectivity index (χ4v) is 3.22. The standard InChI is InChI=1S/C17H31N7O2S2/c27-16(18-4-1-15-2-11-25-12-3-15)22-20-5-6-21-23-17(28)19-7-8-24-9-13-26-14-10-24/h5-6,15H,1-4,7-14H2,(H2,18,22,27)(H2,19,23,28). The van der Waals surface area contributed by atoms with Gasteiger partial charge in [-0.15, -0.1) is 0 Å². The van der Waals surface area contributed by atoms with Crippen molar-refractivity contribution in [2.45, 2.75) is 19.3 Å². The molecule has 0 unspecified atom stereocenters. The van der Waals surface area contributed by atoms with Gasteiger partial charge < -0.3 is 20.1 Å². The summed E-state index contributed by atoms with van der Waals surface area (Å²) < 4.78 is 10.7. The summed E-state index contributed by atoms with van der Waals surface area (Å²) >= 11 is 10.3. The Balaban J connectivity index is 1.44. The number of hydrogen-bond acceptors (Lipinski definition) is 7. The maximum absolute atomic E-state index is 5.36. The highest BCUT2D eigenvalue weighted by Gasteiger charge is 2.13. The Hall–Kier alpha value is -1.40. The third kappa shape index (κ3) is 10.8. The summed E-state index contributed by atoms with van der Waals surface area (Å²) in [6.07, 6.45) is 6.38. The molecule has 2 aliphatic rings. The van der Waals surface area contributed by atoms with Crippen LogP contribution in [0.2, 0.25) is 0 Å². The first-order valence-electron chi connectivity index (χ1n) is 9.74. The van der Waals surface area contributed by atoms with E-state index in [-0.39, 0.29) is 0 Å². The molecule has 0 amide bonds. The molecule has 2 rings (SSSR count). The zero-order valence-electron chi connectivity index (χ0n) is 16.2. The minimum Gasteiger partial charge on any atom is -0.381 e. The summed E-state index contributed by atoms with van der Waals surface area (Å²) in [5, 5.41) is 15.2. The smallest absolute Gasteiger partial charge is 0.187 e. The number of nitrogens with zero attached hydrogens (tertiary/aromatic N) is 3. The molecular weight excluding hydrogens is 398 g/mol. The van der Waals surface area contributed by atoms with Gasteiger partial charge in [-0.2, -0.15) is 10.2 Å². The number of ether oxygens (including phenoxy) is 2. The lowest BCUT2D eigenvalue weighted by Crippen LogP contribution is -2.42. The molecule has 0 spiro atoms. The number of thiocarbonyl (C=S) groups is 2. The van der Waals surface area contributed by atoms with Crippen molar-refractivity contribution in [3.8, 4) is 0 Å². The summed E-state index contributed by atoms with van der Waals surface area (Å²) in [6, 6.07) is 0. The van der Waals surface area contributed by atoms with Crippen molar-refractivity contribution in [2.75, 3.05) is 59.2 Å². The van der Waals surface area contributed by atoms with Crippen molar-refractivity contribution in [3.63, 3.8) is 0 Å². The number of nitrogens with one attached hydrogen (secondary N) is 4. The summed E-state index contributed by atoms with van der Waals surface area (Å²) in [6.45, 7) is 7.82. The quantitative estimate of drug-likeness (QED) is 0.230. The Labute approximate surface area is 177 Å². The van der Waals surface area contributed by atoms with E-state index in [1.54, 1.807) is 0 Å². The van der Waals surface area contributed by atoms with Crippen LogP contribution in [0.25, 0.3) is 0 Å². The van der Waals surface area contributed by atoms with E-state index in [1.165, 1.54) is 12.4 Å². The highest BCUT2D eigenvalue weighted by molar-refractivity contribution is 7.80. The highest BCUT2D eigenvalue weighted by Crippen LogP contribution is 2.17. The molecule has 158 valence electrons. The molecule has 0 atom stereocenters. The van der Waals surface area contributed by atoms with Gasteiger partial charge in [-0.05, 0) is 49.6 Å². The highest BCUT2D eigenvalue weighted by atomic mass is 32.1. The van der Waals surface area contributed by atoms with Gasteiger partial charge in [-0.3, -0.25) is 15.8 Å². The van der Waals surface area contributed by atoms with Crippen molar-refractivity contribution >= 4 is 47.1 Å². The average Bonchev–Trinajstić information content (AvgIpc) is 2.72. The van der Waals surface area contributed by atoms with E-state index >= 15 is 0 Å². The zero-order valence-corrected chi connectivity index (χ0v) is 17.8. The first-order chi connectivity index (χ1) is 13.7. The molecule has 9 nitrogen and oxygen atoms in total.